The fourth-order valence-electron chi connectivity index (χ4n) is 0.886. The lowest BCUT2D eigenvalue weighted by atomic mass is 10.2. The van der Waals surface area contributed by atoms with Gasteiger partial charge in [-0.15, -0.1) is 23.2 Å². The molecule has 2 unspecified atom stereocenters. The highest BCUT2D eigenvalue weighted by Crippen LogP contribution is 2.09. The predicted molar refractivity (Wildman–Crippen MR) is 59.6 cm³/mol. The summed E-state index contributed by atoms with van der Waals surface area (Å²) in [7, 11) is 0. The predicted octanol–water partition coefficient (Wildman–Crippen LogP) is 3.63. The molecule has 0 fully saturated rings. The standard InChI is InChI=1S/C10H19Cl2O/c1-3-4-5-6-7-13-8-10(12)9(2)11/h9-10H,1,3-8H2,2H3. The number of unbranched alkanes of at least 4 members (excludes halogenated alkanes) is 3. The van der Waals surface area contributed by atoms with E-state index in [-0.39, 0.29) is 10.8 Å². The van der Waals surface area contributed by atoms with Crippen molar-refractivity contribution in [2.45, 2.75) is 43.4 Å². The summed E-state index contributed by atoms with van der Waals surface area (Å²) in [4.78, 5) is 0. The van der Waals surface area contributed by atoms with Gasteiger partial charge < -0.3 is 4.74 Å². The summed E-state index contributed by atoms with van der Waals surface area (Å²) in [6, 6.07) is 0. The van der Waals surface area contributed by atoms with Gasteiger partial charge in [0.05, 0.1) is 12.0 Å². The molecule has 0 amide bonds. The lowest BCUT2D eigenvalue weighted by molar-refractivity contribution is 0.130. The van der Waals surface area contributed by atoms with Crippen LogP contribution in [-0.2, 0) is 4.74 Å². The number of rotatable bonds is 8. The number of ether oxygens (including phenoxy) is 1. The zero-order chi connectivity index (χ0) is 10.1. The molecule has 13 heavy (non-hydrogen) atoms. The second-order valence-corrected chi connectivity index (χ2v) is 4.43. The van der Waals surface area contributed by atoms with E-state index in [4.69, 9.17) is 27.9 Å². The number of hydrogen-bond donors (Lipinski definition) is 0. The van der Waals surface area contributed by atoms with Crippen molar-refractivity contribution in [2.75, 3.05) is 13.2 Å². The quantitative estimate of drug-likeness (QED) is 0.453. The van der Waals surface area contributed by atoms with Crippen molar-refractivity contribution in [1.82, 2.24) is 0 Å². The lowest BCUT2D eigenvalue weighted by Crippen LogP contribution is -2.18. The Bertz CT molecular complexity index is 107. The van der Waals surface area contributed by atoms with Gasteiger partial charge in [-0.25, -0.2) is 0 Å². The van der Waals surface area contributed by atoms with Gasteiger partial charge in [0.15, 0.2) is 0 Å². The molecule has 0 aliphatic rings. The summed E-state index contributed by atoms with van der Waals surface area (Å²) in [6.45, 7) is 6.99. The fourth-order valence-corrected chi connectivity index (χ4v) is 1.05. The van der Waals surface area contributed by atoms with Gasteiger partial charge in [0.2, 0.25) is 0 Å². The maximum atomic E-state index is 5.89. The van der Waals surface area contributed by atoms with Gasteiger partial charge in [-0.3, -0.25) is 0 Å². The average molecular weight is 226 g/mol. The Kier molecular flexibility index (Phi) is 9.49. The Hall–Kier alpha value is 0.540. The van der Waals surface area contributed by atoms with Crippen LogP contribution >= 0.6 is 23.2 Å². The summed E-state index contributed by atoms with van der Waals surface area (Å²) in [5, 5.41) is -0.101. The van der Waals surface area contributed by atoms with Crippen LogP contribution in [0.4, 0.5) is 0 Å². The first kappa shape index (κ1) is 13.5. The molecule has 2 atom stereocenters. The van der Waals surface area contributed by atoms with Crippen LogP contribution < -0.4 is 0 Å². The topological polar surface area (TPSA) is 9.23 Å². The molecule has 79 valence electrons. The zero-order valence-electron chi connectivity index (χ0n) is 8.27. The van der Waals surface area contributed by atoms with E-state index >= 15 is 0 Å². The molecular formula is C10H19Cl2O. The van der Waals surface area contributed by atoms with E-state index in [9.17, 15) is 0 Å². The van der Waals surface area contributed by atoms with Crippen LogP contribution in [0.15, 0.2) is 0 Å². The van der Waals surface area contributed by atoms with E-state index in [1.165, 1.54) is 12.8 Å². The van der Waals surface area contributed by atoms with Crippen LogP contribution in [0.1, 0.15) is 32.6 Å². The number of alkyl halides is 2. The molecule has 0 aliphatic heterocycles. The van der Waals surface area contributed by atoms with E-state index in [0.717, 1.165) is 19.4 Å². The van der Waals surface area contributed by atoms with E-state index in [1.54, 1.807) is 0 Å². The van der Waals surface area contributed by atoms with Crippen LogP contribution in [0, 0.1) is 6.92 Å². The maximum Gasteiger partial charge on any atom is 0.0730 e. The molecule has 0 aromatic carbocycles. The first-order chi connectivity index (χ1) is 6.18. The summed E-state index contributed by atoms with van der Waals surface area (Å²) < 4.78 is 5.37. The van der Waals surface area contributed by atoms with Crippen molar-refractivity contribution in [3.05, 3.63) is 6.92 Å². The van der Waals surface area contributed by atoms with Gasteiger partial charge in [0.25, 0.3) is 0 Å². The molecule has 0 aromatic heterocycles. The van der Waals surface area contributed by atoms with Crippen molar-refractivity contribution in [1.29, 1.82) is 0 Å². The van der Waals surface area contributed by atoms with Gasteiger partial charge in [0.1, 0.15) is 0 Å². The Morgan fingerprint density at radius 3 is 2.46 bits per heavy atom. The monoisotopic (exact) mass is 225 g/mol. The molecular weight excluding hydrogens is 207 g/mol. The highest BCUT2D eigenvalue weighted by atomic mass is 35.5. The highest BCUT2D eigenvalue weighted by Gasteiger charge is 2.10. The third-order valence-electron chi connectivity index (χ3n) is 1.81. The zero-order valence-corrected chi connectivity index (χ0v) is 9.78. The van der Waals surface area contributed by atoms with Crippen LogP contribution in [0.5, 0.6) is 0 Å². The molecule has 0 bridgehead atoms. The fraction of sp³-hybridized carbons (Fsp3) is 0.900. The summed E-state index contributed by atoms with van der Waals surface area (Å²) in [5.41, 5.74) is 0. The van der Waals surface area contributed by atoms with Gasteiger partial charge in [-0.1, -0.05) is 26.2 Å². The summed E-state index contributed by atoms with van der Waals surface area (Å²) >= 11 is 11.7. The lowest BCUT2D eigenvalue weighted by Gasteiger charge is -2.11. The third kappa shape index (κ3) is 8.86. The van der Waals surface area contributed by atoms with Crippen molar-refractivity contribution in [2.24, 2.45) is 0 Å². The molecule has 1 radical (unpaired) electrons. The minimum atomic E-state index is -0.0745. The Morgan fingerprint density at radius 1 is 1.23 bits per heavy atom. The molecule has 0 spiro atoms. The van der Waals surface area contributed by atoms with Gasteiger partial charge in [-0.2, -0.15) is 0 Å². The van der Waals surface area contributed by atoms with Crippen LogP contribution in [0.2, 0.25) is 0 Å². The second kappa shape index (κ2) is 9.11. The normalized spacial score (nSPS) is 15.7. The van der Waals surface area contributed by atoms with Crippen LogP contribution in [-0.4, -0.2) is 24.0 Å². The highest BCUT2D eigenvalue weighted by molar-refractivity contribution is 6.29. The van der Waals surface area contributed by atoms with E-state index in [0.29, 0.717) is 6.61 Å². The molecule has 0 N–H and O–H groups in total. The van der Waals surface area contributed by atoms with E-state index in [2.05, 4.69) is 6.92 Å². The largest absolute Gasteiger partial charge is 0.380 e. The second-order valence-electron chi connectivity index (χ2n) is 3.18. The van der Waals surface area contributed by atoms with Gasteiger partial charge >= 0.3 is 0 Å². The molecule has 3 heteroatoms. The first-order valence-electron chi connectivity index (χ1n) is 4.83. The molecule has 0 aromatic rings. The Balaban J connectivity index is 3.07. The van der Waals surface area contributed by atoms with Crippen LogP contribution in [0.3, 0.4) is 0 Å². The van der Waals surface area contributed by atoms with Gasteiger partial charge in [0, 0.05) is 12.0 Å². The number of hydrogen-bond acceptors (Lipinski definition) is 1. The van der Waals surface area contributed by atoms with Gasteiger partial charge in [-0.05, 0) is 13.3 Å². The average Bonchev–Trinajstić information content (AvgIpc) is 2.10. The Labute approximate surface area is 91.7 Å². The number of halogens is 2. The maximum absolute atomic E-state index is 5.89. The van der Waals surface area contributed by atoms with Crippen molar-refractivity contribution < 1.29 is 4.74 Å². The molecule has 0 saturated heterocycles. The van der Waals surface area contributed by atoms with Crippen molar-refractivity contribution >= 4 is 23.2 Å². The molecule has 1 nitrogen and oxygen atoms in total. The summed E-state index contributed by atoms with van der Waals surface area (Å²) in [5.74, 6) is 0. The Morgan fingerprint density at radius 2 is 1.92 bits per heavy atom. The minimum Gasteiger partial charge on any atom is -0.380 e. The molecule has 0 rings (SSSR count). The first-order valence-corrected chi connectivity index (χ1v) is 5.71. The van der Waals surface area contributed by atoms with Crippen LogP contribution in [0.25, 0.3) is 0 Å². The minimum absolute atomic E-state index is 0.0264. The van der Waals surface area contributed by atoms with Crippen molar-refractivity contribution in [3.63, 3.8) is 0 Å². The molecule has 0 saturated carbocycles. The SMILES string of the molecule is [CH2]CCCCCOCC(Cl)C(C)Cl. The molecule has 0 aliphatic carbocycles. The van der Waals surface area contributed by atoms with E-state index < -0.39 is 0 Å². The van der Waals surface area contributed by atoms with Crippen molar-refractivity contribution in [3.8, 4) is 0 Å². The smallest absolute Gasteiger partial charge is 0.0730 e. The summed E-state index contributed by atoms with van der Waals surface area (Å²) in [6.07, 6.45) is 4.47. The molecule has 0 heterocycles. The third-order valence-corrected chi connectivity index (χ3v) is 2.75. The van der Waals surface area contributed by atoms with E-state index in [1.807, 2.05) is 6.92 Å².